The maximum atomic E-state index is 14.1. The summed E-state index contributed by atoms with van der Waals surface area (Å²) in [4.78, 5) is 6.65. The molecular formula is C19H25F4N7O. The van der Waals surface area contributed by atoms with E-state index in [1.54, 1.807) is 0 Å². The van der Waals surface area contributed by atoms with Gasteiger partial charge in [-0.2, -0.15) is 0 Å². The highest BCUT2D eigenvalue weighted by Gasteiger charge is 2.37. The Kier molecular flexibility index (Phi) is 7.26. The first kappa shape index (κ1) is 23.1. The van der Waals surface area contributed by atoms with Crippen LogP contribution in [-0.2, 0) is 24.9 Å². The minimum atomic E-state index is -1.10. The molecule has 2 aliphatic rings. The molecule has 1 aromatic heterocycles. The van der Waals surface area contributed by atoms with Gasteiger partial charge in [0.15, 0.2) is 18.5 Å². The second kappa shape index (κ2) is 9.73. The van der Waals surface area contributed by atoms with Gasteiger partial charge in [0.2, 0.25) is 0 Å². The number of nitrogens with zero attached hydrogens (tertiary/aromatic N) is 3. The molecule has 0 saturated carbocycles. The summed E-state index contributed by atoms with van der Waals surface area (Å²) >= 11 is 0. The van der Waals surface area contributed by atoms with Gasteiger partial charge in [0.05, 0.1) is 18.0 Å². The van der Waals surface area contributed by atoms with Gasteiger partial charge in [-0.3, -0.25) is 10.3 Å². The summed E-state index contributed by atoms with van der Waals surface area (Å²) in [7, 11) is 1.85. The van der Waals surface area contributed by atoms with E-state index in [0.717, 1.165) is 35.1 Å². The van der Waals surface area contributed by atoms with Crippen LogP contribution in [-0.4, -0.2) is 45.8 Å². The van der Waals surface area contributed by atoms with Crippen molar-refractivity contribution in [1.29, 1.82) is 5.41 Å². The van der Waals surface area contributed by atoms with Crippen LogP contribution in [0.3, 0.4) is 0 Å². The lowest BCUT2D eigenvalue weighted by atomic mass is 9.93. The topological polar surface area (TPSA) is 118 Å². The van der Waals surface area contributed by atoms with Crippen LogP contribution in [0.2, 0.25) is 0 Å². The number of alkyl halides is 1. The zero-order chi connectivity index (χ0) is 22.7. The number of nitrogens with one attached hydrogen (secondary N) is 2. The second-order valence-corrected chi connectivity index (χ2v) is 7.45. The zero-order valence-electron chi connectivity index (χ0n) is 16.9. The number of ether oxygens (including phenoxy) is 1. The van der Waals surface area contributed by atoms with Gasteiger partial charge in [-0.25, -0.2) is 18.2 Å². The second-order valence-electron chi connectivity index (χ2n) is 7.45. The van der Waals surface area contributed by atoms with Crippen molar-refractivity contribution in [2.24, 2.45) is 18.5 Å². The van der Waals surface area contributed by atoms with Gasteiger partial charge < -0.3 is 20.8 Å². The predicted octanol–water partition coefficient (Wildman–Crippen LogP) is 1.54. The van der Waals surface area contributed by atoms with E-state index in [1.807, 2.05) is 11.6 Å². The smallest absolute Gasteiger partial charge is 0.175 e. The number of nitrogens with two attached hydrogens (primary N) is 2. The summed E-state index contributed by atoms with van der Waals surface area (Å²) in [5, 5.41) is 7.58. The van der Waals surface area contributed by atoms with E-state index in [4.69, 9.17) is 21.6 Å². The van der Waals surface area contributed by atoms with E-state index in [2.05, 4.69) is 9.88 Å². The first-order valence-corrected chi connectivity index (χ1v) is 9.61. The molecule has 1 fully saturated rings. The number of aromatic nitrogens is 2. The van der Waals surface area contributed by atoms with Crippen molar-refractivity contribution < 1.29 is 22.4 Å². The molecule has 1 aromatic carbocycles. The average Bonchev–Trinajstić information content (AvgIpc) is 3.30. The minimum absolute atomic E-state index is 0.0542. The van der Waals surface area contributed by atoms with Crippen LogP contribution in [0.5, 0.6) is 0 Å². The molecule has 3 atom stereocenters. The fourth-order valence-corrected chi connectivity index (χ4v) is 4.00. The average molecular weight is 443 g/mol. The molecule has 0 radical (unpaired) electrons. The van der Waals surface area contributed by atoms with Crippen LogP contribution in [0.15, 0.2) is 18.2 Å². The number of halogens is 4. The highest BCUT2D eigenvalue weighted by molar-refractivity contribution is 5.91. The molecule has 31 heavy (non-hydrogen) atoms. The fraction of sp³-hybridized carbons (Fsp3) is 0.474. The molecule has 0 bridgehead atoms. The van der Waals surface area contributed by atoms with E-state index in [1.165, 1.54) is 0 Å². The maximum absolute atomic E-state index is 14.1. The van der Waals surface area contributed by atoms with Crippen molar-refractivity contribution in [3.8, 4) is 0 Å². The van der Waals surface area contributed by atoms with Gasteiger partial charge in [0.1, 0.15) is 17.7 Å². The summed E-state index contributed by atoms with van der Waals surface area (Å²) < 4.78 is 55.6. The Morgan fingerprint density at radius 3 is 2.65 bits per heavy atom. The van der Waals surface area contributed by atoms with Crippen LogP contribution in [0.4, 0.5) is 17.7 Å². The first-order valence-electron chi connectivity index (χ1n) is 9.61. The SMILES string of the molecule is Cn1c(C(=N)N)nc2c1CN(C1CO[C@H](c3cc(F)ccc3F)C(N)C1)C2.FCNF. The molecule has 1 saturated heterocycles. The van der Waals surface area contributed by atoms with Crippen LogP contribution in [0.1, 0.15) is 35.3 Å². The Morgan fingerprint density at radius 1 is 1.35 bits per heavy atom. The molecule has 3 heterocycles. The van der Waals surface area contributed by atoms with Gasteiger partial charge in [0.25, 0.3) is 0 Å². The largest absolute Gasteiger partial charge is 0.381 e. The van der Waals surface area contributed by atoms with Crippen LogP contribution in [0, 0.1) is 17.0 Å². The van der Waals surface area contributed by atoms with Crippen molar-refractivity contribution in [1.82, 2.24) is 20.0 Å². The third-order valence-electron chi connectivity index (χ3n) is 5.48. The van der Waals surface area contributed by atoms with E-state index >= 15 is 0 Å². The molecule has 12 heteroatoms. The number of amidine groups is 1. The van der Waals surface area contributed by atoms with Crippen LogP contribution < -0.4 is 17.0 Å². The Bertz CT molecular complexity index is 936. The molecule has 8 nitrogen and oxygen atoms in total. The third-order valence-corrected chi connectivity index (χ3v) is 5.48. The highest BCUT2D eigenvalue weighted by atomic mass is 19.2. The van der Waals surface area contributed by atoms with Crippen molar-refractivity contribution >= 4 is 5.84 Å². The summed E-state index contributed by atoms with van der Waals surface area (Å²) in [6, 6.07) is 2.95. The summed E-state index contributed by atoms with van der Waals surface area (Å²) in [6.07, 6.45) is -0.0573. The Morgan fingerprint density at radius 2 is 2.06 bits per heavy atom. The lowest BCUT2D eigenvalue weighted by Crippen LogP contribution is -2.48. The number of rotatable bonds is 4. The molecule has 0 spiro atoms. The Balaban J connectivity index is 0.000000628. The standard InChI is InChI=1S/C18H22F2N6O.CH3F2N/c1-25-15-7-26(6-14(15)24-18(25)17(22)23)10-5-13(21)16(27-8-10)11-4-9(19)2-3-12(11)20;2-1-4-3/h2-4,10,13,16H,5-8,21H2,1H3,(H3,22,23);4H,1H2/t10?,13?,16-;/m1./s1. The molecular weight excluding hydrogens is 418 g/mol. The van der Waals surface area contributed by atoms with Gasteiger partial charge in [-0.05, 0) is 24.6 Å². The summed E-state index contributed by atoms with van der Waals surface area (Å²) in [5.74, 6) is -0.601. The van der Waals surface area contributed by atoms with Gasteiger partial charge >= 0.3 is 0 Å². The zero-order valence-corrected chi connectivity index (χ0v) is 16.9. The first-order chi connectivity index (χ1) is 14.8. The van der Waals surface area contributed by atoms with Gasteiger partial charge in [0, 0.05) is 37.8 Å². The molecule has 170 valence electrons. The van der Waals surface area contributed by atoms with Crippen molar-refractivity contribution in [2.45, 2.75) is 37.7 Å². The number of hydrogen-bond donors (Lipinski definition) is 4. The number of hydrogen-bond acceptors (Lipinski definition) is 6. The van der Waals surface area contributed by atoms with Crippen molar-refractivity contribution in [2.75, 3.05) is 13.4 Å². The lowest BCUT2D eigenvalue weighted by molar-refractivity contribution is -0.0535. The minimum Gasteiger partial charge on any atom is -0.381 e. The van der Waals surface area contributed by atoms with Crippen LogP contribution in [0.25, 0.3) is 0 Å². The fourth-order valence-electron chi connectivity index (χ4n) is 4.00. The monoisotopic (exact) mass is 443 g/mol. The van der Waals surface area contributed by atoms with Gasteiger partial charge in [-0.15, -0.1) is 10.0 Å². The van der Waals surface area contributed by atoms with E-state index in [0.29, 0.717) is 31.9 Å². The third kappa shape index (κ3) is 4.87. The van der Waals surface area contributed by atoms with Crippen molar-refractivity contribution in [3.63, 3.8) is 0 Å². The molecule has 4 rings (SSSR count). The Labute approximate surface area is 176 Å². The summed E-state index contributed by atoms with van der Waals surface area (Å²) in [6.45, 7) is 0.559. The van der Waals surface area contributed by atoms with Crippen molar-refractivity contribution in [3.05, 3.63) is 52.6 Å². The van der Waals surface area contributed by atoms with Crippen LogP contribution >= 0.6 is 0 Å². The van der Waals surface area contributed by atoms with Gasteiger partial charge in [-0.1, -0.05) is 0 Å². The maximum Gasteiger partial charge on any atom is 0.175 e. The Hall–Kier alpha value is -2.54. The molecule has 2 aliphatic heterocycles. The number of imidazole rings is 1. The van der Waals surface area contributed by atoms with E-state index in [9.17, 15) is 17.7 Å². The van der Waals surface area contributed by atoms with E-state index in [-0.39, 0.29) is 17.4 Å². The molecule has 0 aliphatic carbocycles. The molecule has 2 unspecified atom stereocenters. The molecule has 0 amide bonds. The van der Waals surface area contributed by atoms with E-state index < -0.39 is 30.6 Å². The number of nitrogen functional groups attached to an aromatic ring is 1. The quantitative estimate of drug-likeness (QED) is 0.187. The predicted molar refractivity (Wildman–Crippen MR) is 105 cm³/mol. The normalized spacial score (nSPS) is 23.2. The lowest BCUT2D eigenvalue weighted by Gasteiger charge is -2.38. The summed E-state index contributed by atoms with van der Waals surface area (Å²) in [5.41, 5.74) is 14.7. The molecule has 6 N–H and O–H groups in total. The number of fused-ring (bicyclic) bond motifs is 1. The number of benzene rings is 1. The molecule has 2 aromatic rings. The highest BCUT2D eigenvalue weighted by Crippen LogP contribution is 2.34.